The van der Waals surface area contributed by atoms with Gasteiger partial charge in [0.2, 0.25) is 0 Å². The third-order valence-electron chi connectivity index (χ3n) is 9.77. The summed E-state index contributed by atoms with van der Waals surface area (Å²) in [7, 11) is -4.77. The molecule has 38 heavy (non-hydrogen) atoms. The predicted octanol–water partition coefficient (Wildman–Crippen LogP) is 7.46. The van der Waals surface area contributed by atoms with Crippen LogP contribution < -0.4 is 0 Å². The molecule has 0 spiro atoms. The van der Waals surface area contributed by atoms with Crippen LogP contribution in [0.2, 0.25) is 0 Å². The second kappa shape index (κ2) is 8.65. The molecule has 0 bridgehead atoms. The van der Waals surface area contributed by atoms with Crippen molar-refractivity contribution in [3.63, 3.8) is 0 Å². The number of aryl methyl sites for hydroxylation is 1. The summed E-state index contributed by atoms with van der Waals surface area (Å²) in [6, 6.07) is 15.4. The van der Waals surface area contributed by atoms with E-state index >= 15 is 0 Å². The van der Waals surface area contributed by atoms with Crippen molar-refractivity contribution in [2.75, 3.05) is 0 Å². The molecule has 200 valence electrons. The highest BCUT2D eigenvalue weighted by Crippen LogP contribution is 2.64. The lowest BCUT2D eigenvalue weighted by atomic mass is 9.53. The van der Waals surface area contributed by atoms with Gasteiger partial charge in [0.05, 0.1) is 10.5 Å². The quantitative estimate of drug-likeness (QED) is 0.275. The number of ketones is 1. The maximum atomic E-state index is 14.2. The molecule has 0 aliphatic heterocycles. The maximum Gasteiger partial charge on any atom is 0.416 e. The summed E-state index contributed by atoms with van der Waals surface area (Å²) < 4.78 is 75.6. The molecule has 8 heteroatoms. The van der Waals surface area contributed by atoms with Gasteiger partial charge in [-0.15, -0.1) is 0 Å². The smallest absolute Gasteiger partial charge is 0.294 e. The van der Waals surface area contributed by atoms with Gasteiger partial charge in [0.1, 0.15) is 0 Å². The summed E-state index contributed by atoms with van der Waals surface area (Å²) in [6.45, 7) is 2.15. The van der Waals surface area contributed by atoms with Gasteiger partial charge in [-0.2, -0.15) is 21.6 Å². The van der Waals surface area contributed by atoms with E-state index in [9.17, 15) is 30.9 Å². The van der Waals surface area contributed by atoms with Crippen LogP contribution in [-0.4, -0.2) is 18.8 Å². The van der Waals surface area contributed by atoms with Crippen molar-refractivity contribution in [1.82, 2.24) is 0 Å². The third-order valence-corrected chi connectivity index (χ3v) is 10.6. The highest BCUT2D eigenvalue weighted by Gasteiger charge is 2.57. The van der Waals surface area contributed by atoms with Crippen molar-refractivity contribution in [2.24, 2.45) is 23.2 Å². The van der Waals surface area contributed by atoms with Gasteiger partial charge in [0, 0.05) is 11.5 Å². The predicted molar refractivity (Wildman–Crippen MR) is 138 cm³/mol. The van der Waals surface area contributed by atoms with Gasteiger partial charge in [-0.1, -0.05) is 49.4 Å². The van der Waals surface area contributed by atoms with Crippen molar-refractivity contribution >= 4 is 26.7 Å². The molecule has 0 saturated heterocycles. The van der Waals surface area contributed by atoms with Crippen LogP contribution in [0.1, 0.15) is 72.0 Å². The molecular formula is C30H29F3O4S. The van der Waals surface area contributed by atoms with Gasteiger partial charge in [-0.25, -0.2) is 0 Å². The van der Waals surface area contributed by atoms with Crippen LogP contribution in [0.3, 0.4) is 0 Å². The lowest BCUT2D eigenvalue weighted by Crippen LogP contribution is -2.44. The molecule has 0 unspecified atom stereocenters. The number of benzene rings is 3. The number of carbonyl (C=O) groups excluding carboxylic acids is 1. The summed E-state index contributed by atoms with van der Waals surface area (Å²) in [5, 5.41) is 1.94. The van der Waals surface area contributed by atoms with Crippen LogP contribution in [0.15, 0.2) is 59.5 Å². The molecule has 0 heterocycles. The molecule has 6 rings (SSSR count). The number of Topliss-reactive ketones (excluding diaryl/α,β-unsaturated/α-hetero) is 1. The lowest BCUT2D eigenvalue weighted by molar-refractivity contribution is -0.139. The maximum absolute atomic E-state index is 14.2. The number of carbonyl (C=O) groups is 1. The molecule has 2 fully saturated rings. The topological polar surface area (TPSA) is 71.4 Å². The Kier molecular flexibility index (Phi) is 5.82. The largest absolute Gasteiger partial charge is 0.416 e. The molecule has 3 aromatic carbocycles. The number of fused-ring (bicyclic) bond motifs is 6. The van der Waals surface area contributed by atoms with E-state index in [-0.39, 0.29) is 40.4 Å². The van der Waals surface area contributed by atoms with E-state index in [0.717, 1.165) is 17.2 Å². The zero-order valence-corrected chi connectivity index (χ0v) is 21.8. The SMILES string of the molecule is C[C@]12CC[C@@H]3c4c(cc(S(=O)(=O)O)cc4C(F)(F)F)CC[C@H]3[C@@H]1CC[C@@H]2C(=O)c1cccc2ccccc12. The highest BCUT2D eigenvalue weighted by atomic mass is 32.2. The zero-order chi connectivity index (χ0) is 27.0. The summed E-state index contributed by atoms with van der Waals surface area (Å²) >= 11 is 0. The fraction of sp³-hybridized carbons (Fsp3) is 0.433. The van der Waals surface area contributed by atoms with E-state index in [1.54, 1.807) is 0 Å². The number of halogens is 3. The standard InChI is InChI=1S/C30H29F3O4S/c1-29-14-13-22-21(10-9-18-15-19(38(35,36)37)16-26(27(18)22)30(31,32)33)24(29)11-12-25(29)28(34)23-8-4-6-17-5-2-3-7-20(17)23/h2-8,15-16,21-22,24-25H,9-14H2,1H3,(H,35,36,37)/t21-,22+,24+,25-,29+/m1/s1. The van der Waals surface area contributed by atoms with E-state index in [4.69, 9.17) is 0 Å². The molecule has 0 amide bonds. The average Bonchev–Trinajstić information content (AvgIpc) is 3.23. The van der Waals surface area contributed by atoms with E-state index in [1.807, 2.05) is 42.5 Å². The molecule has 3 aliphatic rings. The van der Waals surface area contributed by atoms with Gasteiger partial charge >= 0.3 is 6.18 Å². The molecule has 3 aromatic rings. The second-order valence-electron chi connectivity index (χ2n) is 11.5. The minimum absolute atomic E-state index is 0.00995. The summed E-state index contributed by atoms with van der Waals surface area (Å²) in [5.41, 5.74) is -0.00404. The molecule has 4 nitrogen and oxygen atoms in total. The minimum atomic E-state index is -4.77. The van der Waals surface area contributed by atoms with Gasteiger partial charge in [-0.3, -0.25) is 9.35 Å². The van der Waals surface area contributed by atoms with E-state index in [1.165, 1.54) is 6.07 Å². The Morgan fingerprint density at radius 2 is 1.74 bits per heavy atom. The normalized spacial score (nSPS) is 29.0. The van der Waals surface area contributed by atoms with Crippen molar-refractivity contribution in [3.05, 3.63) is 76.9 Å². The number of alkyl halides is 3. The van der Waals surface area contributed by atoms with E-state index < -0.39 is 26.8 Å². The number of hydrogen-bond donors (Lipinski definition) is 1. The highest BCUT2D eigenvalue weighted by molar-refractivity contribution is 7.85. The lowest BCUT2D eigenvalue weighted by Gasteiger charge is -2.51. The Hall–Kier alpha value is -2.71. The molecule has 3 aliphatic carbocycles. The number of hydrogen-bond acceptors (Lipinski definition) is 3. The average molecular weight is 543 g/mol. The number of rotatable bonds is 3. The fourth-order valence-corrected chi connectivity index (χ4v) is 8.70. The van der Waals surface area contributed by atoms with Crippen LogP contribution in [0, 0.1) is 23.2 Å². The zero-order valence-electron chi connectivity index (χ0n) is 21.0. The van der Waals surface area contributed by atoms with Crippen molar-refractivity contribution < 1.29 is 30.9 Å². The summed E-state index contributed by atoms with van der Waals surface area (Å²) in [5.74, 6) is -0.319. The first kappa shape index (κ1) is 25.6. The third kappa shape index (κ3) is 3.90. The van der Waals surface area contributed by atoms with Crippen LogP contribution >= 0.6 is 0 Å². The van der Waals surface area contributed by atoms with E-state index in [0.29, 0.717) is 49.3 Å². The van der Waals surface area contributed by atoms with Gasteiger partial charge < -0.3 is 0 Å². The van der Waals surface area contributed by atoms with Crippen LogP contribution in [-0.2, 0) is 22.7 Å². The molecule has 0 aromatic heterocycles. The van der Waals surface area contributed by atoms with Crippen molar-refractivity contribution in [2.45, 2.75) is 62.4 Å². The molecule has 1 N–H and O–H groups in total. The van der Waals surface area contributed by atoms with Crippen molar-refractivity contribution in [1.29, 1.82) is 0 Å². The fourth-order valence-electron chi connectivity index (χ4n) is 8.14. The Morgan fingerprint density at radius 1 is 1.00 bits per heavy atom. The van der Waals surface area contributed by atoms with Gasteiger partial charge in [0.25, 0.3) is 10.1 Å². The van der Waals surface area contributed by atoms with Gasteiger partial charge in [-0.05, 0) is 95.7 Å². The van der Waals surface area contributed by atoms with Crippen LogP contribution in [0.5, 0.6) is 0 Å². The minimum Gasteiger partial charge on any atom is -0.294 e. The van der Waals surface area contributed by atoms with Gasteiger partial charge in [0.15, 0.2) is 5.78 Å². The Balaban J connectivity index is 1.37. The Morgan fingerprint density at radius 3 is 2.47 bits per heavy atom. The summed E-state index contributed by atoms with van der Waals surface area (Å²) in [6.07, 6.45) is -1.13. The molecule has 0 radical (unpaired) electrons. The first-order valence-corrected chi connectivity index (χ1v) is 14.6. The van der Waals surface area contributed by atoms with Crippen molar-refractivity contribution in [3.8, 4) is 0 Å². The summed E-state index contributed by atoms with van der Waals surface area (Å²) in [4.78, 5) is 13.3. The van der Waals surface area contributed by atoms with Crippen LogP contribution in [0.4, 0.5) is 13.2 Å². The van der Waals surface area contributed by atoms with Crippen LogP contribution in [0.25, 0.3) is 10.8 Å². The molecule has 5 atom stereocenters. The second-order valence-corrected chi connectivity index (χ2v) is 12.9. The first-order valence-electron chi connectivity index (χ1n) is 13.1. The molecular weight excluding hydrogens is 513 g/mol. The Labute approximate surface area is 220 Å². The van der Waals surface area contributed by atoms with E-state index in [2.05, 4.69) is 6.92 Å². The first-order chi connectivity index (χ1) is 17.9. The molecule has 2 saturated carbocycles. The monoisotopic (exact) mass is 542 g/mol. The Bertz CT molecular complexity index is 1560.